The van der Waals surface area contributed by atoms with Gasteiger partial charge in [0, 0.05) is 0 Å². The van der Waals surface area contributed by atoms with Crippen LogP contribution in [0.1, 0.15) is 16.7 Å². The minimum atomic E-state index is -1.54. The van der Waals surface area contributed by atoms with Crippen molar-refractivity contribution in [2.75, 3.05) is 7.11 Å². The van der Waals surface area contributed by atoms with Gasteiger partial charge in [0.25, 0.3) is 8.60 Å². The summed E-state index contributed by atoms with van der Waals surface area (Å²) in [6.07, 6.45) is 0. The lowest BCUT2D eigenvalue weighted by molar-refractivity contribution is 0.0280. The molecule has 31 heavy (non-hydrogen) atoms. The van der Waals surface area contributed by atoms with E-state index in [1.54, 1.807) is 11.7 Å². The molecule has 0 saturated carbocycles. The van der Waals surface area contributed by atoms with Crippen LogP contribution in [0.3, 0.4) is 0 Å². The average molecular weight is 474 g/mol. The van der Waals surface area contributed by atoms with E-state index in [2.05, 4.69) is 4.52 Å². The van der Waals surface area contributed by atoms with E-state index in [1.165, 1.54) is 0 Å². The summed E-state index contributed by atoms with van der Waals surface area (Å²) in [5, 5.41) is 0. The Morgan fingerprint density at radius 3 is 1.84 bits per heavy atom. The van der Waals surface area contributed by atoms with E-state index >= 15 is 0 Å². The van der Waals surface area contributed by atoms with Crippen molar-refractivity contribution in [1.82, 2.24) is 4.60 Å². The molecule has 0 aromatic heterocycles. The molecular formula is C22H25N2O4P3. The lowest BCUT2D eigenvalue weighted by Crippen LogP contribution is -2.10. The van der Waals surface area contributed by atoms with Gasteiger partial charge in [-0.1, -0.05) is 59.2 Å². The van der Waals surface area contributed by atoms with Gasteiger partial charge < -0.3 is 13.6 Å². The van der Waals surface area contributed by atoms with E-state index in [0.717, 1.165) is 33.9 Å². The Hall–Kier alpha value is -2.06. The van der Waals surface area contributed by atoms with Gasteiger partial charge in [0.1, 0.15) is 17.2 Å². The van der Waals surface area contributed by atoms with Gasteiger partial charge in [-0.2, -0.15) is 0 Å². The lowest BCUT2D eigenvalue weighted by Gasteiger charge is -2.24. The molecule has 0 spiro atoms. The van der Waals surface area contributed by atoms with Crippen LogP contribution in [0.4, 0.5) is 0 Å². The second-order valence-electron chi connectivity index (χ2n) is 6.55. The van der Waals surface area contributed by atoms with Gasteiger partial charge in [0.15, 0.2) is 8.96 Å². The van der Waals surface area contributed by atoms with E-state index in [-0.39, 0.29) is 8.96 Å². The Balaban J connectivity index is 1.77. The molecule has 0 heterocycles. The highest BCUT2D eigenvalue weighted by Gasteiger charge is 2.24. The number of aryl methyl sites for hydroxylation is 3. The Morgan fingerprint density at radius 1 is 0.774 bits per heavy atom. The van der Waals surface area contributed by atoms with Gasteiger partial charge in [-0.05, 0) is 55.7 Å². The fourth-order valence-corrected chi connectivity index (χ4v) is 5.58. The third-order valence-corrected chi connectivity index (χ3v) is 7.70. The molecule has 0 aliphatic carbocycles. The van der Waals surface area contributed by atoms with Gasteiger partial charge >= 0.3 is 8.45 Å². The maximum Gasteiger partial charge on any atom is 0.337 e. The van der Waals surface area contributed by atoms with Gasteiger partial charge in [-0.15, -0.1) is 4.52 Å². The molecule has 0 amide bonds. The molecule has 0 fully saturated rings. The summed E-state index contributed by atoms with van der Waals surface area (Å²) in [6.45, 7) is 5.99. The van der Waals surface area contributed by atoms with Gasteiger partial charge in [0.2, 0.25) is 0 Å². The molecule has 0 N–H and O–H groups in total. The summed E-state index contributed by atoms with van der Waals surface area (Å²) >= 11 is 0. The molecule has 9 heteroatoms. The quantitative estimate of drug-likeness (QED) is 0.222. The summed E-state index contributed by atoms with van der Waals surface area (Å²) in [4.78, 5) is 5.58. The minimum absolute atomic E-state index is 0.137. The summed E-state index contributed by atoms with van der Waals surface area (Å²) in [5.41, 5.74) is 3.11. The molecule has 0 radical (unpaired) electrons. The number of rotatable bonds is 10. The van der Waals surface area contributed by atoms with Gasteiger partial charge in [-0.3, -0.25) is 4.84 Å². The molecule has 3 aromatic carbocycles. The van der Waals surface area contributed by atoms with E-state index in [0.29, 0.717) is 8.60 Å². The second kappa shape index (κ2) is 12.1. The summed E-state index contributed by atoms with van der Waals surface area (Å²) in [5.74, 6) is 2.31. The third kappa shape index (κ3) is 6.97. The Morgan fingerprint density at radius 2 is 1.29 bits per heavy atom. The summed E-state index contributed by atoms with van der Waals surface area (Å²) in [7, 11) is 0.320. The Labute approximate surface area is 188 Å². The molecule has 3 aromatic rings. The lowest BCUT2D eigenvalue weighted by atomic mass is 10.2. The van der Waals surface area contributed by atoms with Crippen LogP contribution < -0.4 is 13.6 Å². The van der Waals surface area contributed by atoms with Crippen molar-refractivity contribution in [1.29, 1.82) is 0 Å². The maximum absolute atomic E-state index is 6.22. The number of hydrogen-bond donors (Lipinski definition) is 0. The molecule has 0 aliphatic rings. The first kappa shape index (κ1) is 23.6. The number of hydrogen-bond acceptors (Lipinski definition) is 6. The normalized spacial score (nSPS) is 12.5. The summed E-state index contributed by atoms with van der Waals surface area (Å²) < 4.78 is 24.3. The molecule has 2 atom stereocenters. The Kier molecular flexibility index (Phi) is 9.21. The SMILES string of the molecule is CON(POc1ccccc1C)P(N=POc1ccccc1C)Oc1ccccc1C. The highest BCUT2D eigenvalue weighted by Crippen LogP contribution is 2.52. The Bertz CT molecular complexity index is 1020. The average Bonchev–Trinajstić information content (AvgIpc) is 2.78. The van der Waals surface area contributed by atoms with Crippen molar-refractivity contribution in [2.45, 2.75) is 20.8 Å². The number of nitrogens with zero attached hydrogens (tertiary/aromatic N) is 2. The fourth-order valence-electron chi connectivity index (χ4n) is 2.49. The monoisotopic (exact) mass is 474 g/mol. The second-order valence-corrected chi connectivity index (χ2v) is 9.83. The fraction of sp³-hybridized carbons (Fsp3) is 0.182. The van der Waals surface area contributed by atoms with E-state index in [9.17, 15) is 0 Å². The van der Waals surface area contributed by atoms with Gasteiger partial charge in [0.05, 0.1) is 7.11 Å². The standard InChI is InChI=1S/C22H25N2O4P3/c1-17-11-5-8-14-20(17)26-29-23-31(28-22-16-10-7-13-19(22)3)24(25-4)30-27-21-15-9-6-12-18(21)2/h5-16,30H,1-4H3. The summed E-state index contributed by atoms with van der Waals surface area (Å²) in [6, 6.07) is 23.5. The molecule has 0 bridgehead atoms. The van der Waals surface area contributed by atoms with Crippen LogP contribution in [0, 0.1) is 20.8 Å². The van der Waals surface area contributed by atoms with E-state index < -0.39 is 8.45 Å². The minimum Gasteiger partial charge on any atom is -0.458 e. The molecular weight excluding hydrogens is 449 g/mol. The van der Waals surface area contributed by atoms with Crippen LogP contribution in [0.2, 0.25) is 0 Å². The zero-order valence-electron chi connectivity index (χ0n) is 17.9. The first-order valence-electron chi connectivity index (χ1n) is 9.58. The molecule has 6 nitrogen and oxygen atoms in total. The third-order valence-electron chi connectivity index (χ3n) is 4.28. The van der Waals surface area contributed by atoms with Crippen LogP contribution in [0.15, 0.2) is 77.3 Å². The van der Waals surface area contributed by atoms with E-state index in [4.69, 9.17) is 18.4 Å². The topological polar surface area (TPSA) is 52.5 Å². The van der Waals surface area contributed by atoms with Crippen LogP contribution in [0.5, 0.6) is 17.2 Å². The molecule has 0 aliphatic heterocycles. The van der Waals surface area contributed by atoms with Crippen molar-refractivity contribution in [3.8, 4) is 17.2 Å². The largest absolute Gasteiger partial charge is 0.458 e. The van der Waals surface area contributed by atoms with Crippen molar-refractivity contribution >= 4 is 26.0 Å². The van der Waals surface area contributed by atoms with Crippen LogP contribution in [-0.4, -0.2) is 11.7 Å². The molecule has 2 unspecified atom stereocenters. The smallest absolute Gasteiger partial charge is 0.337 e. The molecule has 0 saturated heterocycles. The number of benzene rings is 3. The van der Waals surface area contributed by atoms with Crippen LogP contribution in [-0.2, 0) is 4.84 Å². The van der Waals surface area contributed by atoms with Crippen molar-refractivity contribution in [2.24, 2.45) is 4.52 Å². The molecule has 3 rings (SSSR count). The van der Waals surface area contributed by atoms with Crippen LogP contribution in [0.25, 0.3) is 0 Å². The molecule has 162 valence electrons. The maximum atomic E-state index is 6.22. The van der Waals surface area contributed by atoms with Gasteiger partial charge in [-0.25, -0.2) is 0 Å². The van der Waals surface area contributed by atoms with Crippen molar-refractivity contribution in [3.63, 3.8) is 0 Å². The zero-order valence-corrected chi connectivity index (χ0v) is 20.6. The zero-order chi connectivity index (χ0) is 22.1. The highest BCUT2D eigenvalue weighted by molar-refractivity contribution is 7.60. The predicted octanol–water partition coefficient (Wildman–Crippen LogP) is 7.79. The van der Waals surface area contributed by atoms with Crippen molar-refractivity contribution in [3.05, 3.63) is 89.5 Å². The predicted molar refractivity (Wildman–Crippen MR) is 129 cm³/mol. The first-order chi connectivity index (χ1) is 15.1. The highest BCUT2D eigenvalue weighted by atomic mass is 31.2. The van der Waals surface area contributed by atoms with Crippen LogP contribution >= 0.6 is 26.0 Å². The first-order valence-corrected chi connectivity index (χ1v) is 12.4. The van der Waals surface area contributed by atoms with E-state index in [1.807, 2.05) is 93.6 Å². The number of para-hydroxylation sites is 3. The van der Waals surface area contributed by atoms with Crippen molar-refractivity contribution < 1.29 is 18.4 Å².